The molecule has 2 aromatic heterocycles. The molecule has 0 saturated heterocycles. The van der Waals surface area contributed by atoms with E-state index in [4.69, 9.17) is 9.97 Å². The number of benzene rings is 2. The number of imidazole rings is 1. The zero-order valence-electron chi connectivity index (χ0n) is 16.0. The van der Waals surface area contributed by atoms with E-state index in [-0.39, 0.29) is 0 Å². The van der Waals surface area contributed by atoms with Crippen molar-refractivity contribution in [3.63, 3.8) is 0 Å². The first-order valence-electron chi connectivity index (χ1n) is 9.70. The Kier molecular flexibility index (Phi) is 3.64. The maximum atomic E-state index is 5.04. The highest BCUT2D eigenvalue weighted by atomic mass is 15.1. The van der Waals surface area contributed by atoms with E-state index >= 15 is 0 Å². The second-order valence-electron chi connectivity index (χ2n) is 7.87. The molecule has 0 amide bonds. The fourth-order valence-corrected chi connectivity index (χ4v) is 3.96. The lowest BCUT2D eigenvalue weighted by molar-refractivity contribution is 0.703. The van der Waals surface area contributed by atoms with Crippen LogP contribution in [-0.2, 0) is 6.42 Å². The molecule has 1 aliphatic rings. The lowest BCUT2D eigenvalue weighted by atomic mass is 9.98. The van der Waals surface area contributed by atoms with Crippen LogP contribution in [0.2, 0.25) is 0 Å². The second-order valence-corrected chi connectivity index (χ2v) is 7.87. The van der Waals surface area contributed by atoms with Gasteiger partial charge in [-0.15, -0.1) is 0 Å². The Labute approximate surface area is 159 Å². The van der Waals surface area contributed by atoms with Crippen LogP contribution in [0.5, 0.6) is 0 Å². The molecule has 1 unspecified atom stereocenters. The van der Waals surface area contributed by atoms with Gasteiger partial charge in [-0.3, -0.25) is 4.40 Å². The maximum absolute atomic E-state index is 5.04. The van der Waals surface area contributed by atoms with E-state index in [1.165, 1.54) is 17.0 Å². The fraction of sp³-hybridized carbons (Fsp3) is 0.250. The van der Waals surface area contributed by atoms with E-state index in [9.17, 15) is 0 Å². The molecule has 27 heavy (non-hydrogen) atoms. The Morgan fingerprint density at radius 3 is 2.56 bits per heavy atom. The molecule has 3 nitrogen and oxygen atoms in total. The molecule has 0 spiro atoms. The average molecular weight is 353 g/mol. The summed E-state index contributed by atoms with van der Waals surface area (Å²) in [6, 6.07) is 17.1. The Morgan fingerprint density at radius 2 is 1.78 bits per heavy atom. The molecule has 2 aromatic carbocycles. The summed E-state index contributed by atoms with van der Waals surface area (Å²) < 4.78 is 2.24. The summed E-state index contributed by atoms with van der Waals surface area (Å²) in [5.41, 5.74) is 6.81. The van der Waals surface area contributed by atoms with Gasteiger partial charge < -0.3 is 0 Å². The topological polar surface area (TPSA) is 30.2 Å². The lowest BCUT2D eigenvalue weighted by Gasteiger charge is -2.14. The highest BCUT2D eigenvalue weighted by Gasteiger charge is 2.21. The number of hydrogen-bond acceptors (Lipinski definition) is 2. The van der Waals surface area contributed by atoms with Crippen molar-refractivity contribution in [1.82, 2.24) is 14.4 Å². The third-order valence-electron chi connectivity index (χ3n) is 5.51. The smallest absolute Gasteiger partial charge is 0.148 e. The molecular formula is C24H23N3. The molecule has 0 radical (unpaired) electrons. The van der Waals surface area contributed by atoms with E-state index in [1.807, 2.05) is 6.07 Å². The number of hydrogen-bond donors (Lipinski definition) is 0. The van der Waals surface area contributed by atoms with Crippen LogP contribution >= 0.6 is 0 Å². The SMILES string of the molecule is CC1C=Cc2c(nc3c4ccccc4nc(-c4ccc(C(C)C)cc4)n23)C1. The van der Waals surface area contributed by atoms with Crippen LogP contribution in [-0.4, -0.2) is 14.4 Å². The predicted molar refractivity (Wildman–Crippen MR) is 112 cm³/mol. The third-order valence-corrected chi connectivity index (χ3v) is 5.51. The molecule has 0 N–H and O–H groups in total. The van der Waals surface area contributed by atoms with Gasteiger partial charge in [0.05, 0.1) is 16.9 Å². The molecule has 1 aliphatic carbocycles. The van der Waals surface area contributed by atoms with Gasteiger partial charge >= 0.3 is 0 Å². The van der Waals surface area contributed by atoms with Crippen LogP contribution in [0.4, 0.5) is 0 Å². The van der Waals surface area contributed by atoms with Crippen molar-refractivity contribution in [2.24, 2.45) is 5.92 Å². The number of rotatable bonds is 2. The molecule has 0 saturated carbocycles. The van der Waals surface area contributed by atoms with Crippen LogP contribution in [0.25, 0.3) is 34.0 Å². The first-order chi connectivity index (χ1) is 13.1. The summed E-state index contributed by atoms with van der Waals surface area (Å²) in [6.45, 7) is 6.69. The fourth-order valence-electron chi connectivity index (χ4n) is 3.96. The van der Waals surface area contributed by atoms with Crippen LogP contribution in [0.15, 0.2) is 54.6 Å². The molecule has 4 aromatic rings. The molecule has 0 bridgehead atoms. The molecule has 3 heteroatoms. The Hall–Kier alpha value is -2.94. The van der Waals surface area contributed by atoms with Crippen molar-refractivity contribution in [3.8, 4) is 11.4 Å². The van der Waals surface area contributed by atoms with E-state index in [0.717, 1.165) is 34.4 Å². The zero-order valence-corrected chi connectivity index (χ0v) is 16.0. The lowest BCUT2D eigenvalue weighted by Crippen LogP contribution is -2.05. The standard InChI is InChI=1S/C24H23N3/c1-15(2)17-9-11-18(12-10-17)23-25-20-7-5-4-6-19(20)24-26-21-14-16(3)8-13-22(21)27(23)24/h4-13,15-16H,14H2,1-3H3. The number of para-hydroxylation sites is 1. The zero-order chi connectivity index (χ0) is 18.5. The summed E-state index contributed by atoms with van der Waals surface area (Å²) in [6.07, 6.45) is 5.47. The number of allylic oxidation sites excluding steroid dienone is 1. The minimum atomic E-state index is 0.522. The van der Waals surface area contributed by atoms with E-state index in [2.05, 4.69) is 79.8 Å². The molecule has 1 atom stereocenters. The van der Waals surface area contributed by atoms with Gasteiger partial charge in [-0.1, -0.05) is 63.2 Å². The number of nitrogens with zero attached hydrogens (tertiary/aromatic N) is 3. The van der Waals surface area contributed by atoms with Crippen molar-refractivity contribution < 1.29 is 0 Å². The van der Waals surface area contributed by atoms with Gasteiger partial charge in [0, 0.05) is 10.9 Å². The maximum Gasteiger partial charge on any atom is 0.148 e. The van der Waals surface area contributed by atoms with E-state index in [1.54, 1.807) is 0 Å². The van der Waals surface area contributed by atoms with Crippen LogP contribution in [0.1, 0.15) is 43.6 Å². The summed E-state index contributed by atoms with van der Waals surface area (Å²) in [5.74, 6) is 2.01. The summed E-state index contributed by atoms with van der Waals surface area (Å²) >= 11 is 0. The molecule has 134 valence electrons. The van der Waals surface area contributed by atoms with Crippen molar-refractivity contribution in [1.29, 1.82) is 0 Å². The van der Waals surface area contributed by atoms with Gasteiger partial charge in [0.1, 0.15) is 11.5 Å². The highest BCUT2D eigenvalue weighted by molar-refractivity contribution is 5.94. The molecule has 0 aliphatic heterocycles. The quantitative estimate of drug-likeness (QED) is 0.450. The summed E-state index contributed by atoms with van der Waals surface area (Å²) in [5, 5.41) is 1.11. The second kappa shape index (κ2) is 6.05. The molecule has 2 heterocycles. The molecular weight excluding hydrogens is 330 g/mol. The minimum absolute atomic E-state index is 0.522. The molecule has 5 rings (SSSR count). The minimum Gasteiger partial charge on any atom is -0.276 e. The van der Waals surface area contributed by atoms with Gasteiger partial charge in [-0.2, -0.15) is 0 Å². The molecule has 0 fully saturated rings. The largest absolute Gasteiger partial charge is 0.276 e. The first-order valence-corrected chi connectivity index (χ1v) is 9.70. The predicted octanol–water partition coefficient (Wildman–Crippen LogP) is 5.88. The first kappa shape index (κ1) is 16.2. The Morgan fingerprint density at radius 1 is 1.00 bits per heavy atom. The normalized spacial score (nSPS) is 16.4. The summed E-state index contributed by atoms with van der Waals surface area (Å²) in [7, 11) is 0. The van der Waals surface area contributed by atoms with Crippen molar-refractivity contribution in [2.45, 2.75) is 33.1 Å². The monoisotopic (exact) mass is 353 g/mol. The van der Waals surface area contributed by atoms with Crippen LogP contribution in [0.3, 0.4) is 0 Å². The van der Waals surface area contributed by atoms with Gasteiger partial charge in [0.2, 0.25) is 0 Å². The third kappa shape index (κ3) is 2.57. The van der Waals surface area contributed by atoms with Crippen LogP contribution in [0, 0.1) is 5.92 Å². The van der Waals surface area contributed by atoms with Crippen LogP contribution < -0.4 is 0 Å². The van der Waals surface area contributed by atoms with Gasteiger partial charge in [-0.05, 0) is 42.0 Å². The van der Waals surface area contributed by atoms with Gasteiger partial charge in [0.25, 0.3) is 0 Å². The summed E-state index contributed by atoms with van der Waals surface area (Å²) in [4.78, 5) is 10.1. The highest BCUT2D eigenvalue weighted by Crippen LogP contribution is 2.32. The van der Waals surface area contributed by atoms with Crippen molar-refractivity contribution >= 4 is 22.6 Å². The van der Waals surface area contributed by atoms with Crippen molar-refractivity contribution in [2.75, 3.05) is 0 Å². The number of aromatic nitrogens is 3. The number of fused-ring (bicyclic) bond motifs is 5. The van der Waals surface area contributed by atoms with Gasteiger partial charge in [0.15, 0.2) is 0 Å². The van der Waals surface area contributed by atoms with E-state index in [0.29, 0.717) is 11.8 Å². The van der Waals surface area contributed by atoms with E-state index < -0.39 is 0 Å². The van der Waals surface area contributed by atoms with Gasteiger partial charge in [-0.25, -0.2) is 9.97 Å². The Balaban J connectivity index is 1.84. The Bertz CT molecular complexity index is 1180. The average Bonchev–Trinajstić information content (AvgIpc) is 3.06. The van der Waals surface area contributed by atoms with Crippen molar-refractivity contribution in [3.05, 3.63) is 71.6 Å².